The number of carbonyl (C=O) groups is 1. The number of aliphatic carboxylic acids is 1. The third kappa shape index (κ3) is 2.67. The first-order chi connectivity index (χ1) is 8.12. The lowest BCUT2D eigenvalue weighted by Gasteiger charge is -2.39. The Labute approximate surface area is 101 Å². The smallest absolute Gasteiger partial charge is 0.306 e. The quantitative estimate of drug-likeness (QED) is 0.845. The van der Waals surface area contributed by atoms with Crippen LogP contribution < -0.4 is 0 Å². The summed E-state index contributed by atoms with van der Waals surface area (Å²) in [5.41, 5.74) is -0.0261. The molecule has 0 amide bonds. The minimum Gasteiger partial charge on any atom is -0.481 e. The summed E-state index contributed by atoms with van der Waals surface area (Å²) < 4.78 is 0. The zero-order valence-electron chi connectivity index (χ0n) is 9.80. The number of aliphatic hydroxyl groups is 1. The number of hydrogen-bond acceptors (Lipinski definition) is 2. The van der Waals surface area contributed by atoms with Crippen molar-refractivity contribution in [2.75, 3.05) is 0 Å². The van der Waals surface area contributed by atoms with Crippen LogP contribution in [0.25, 0.3) is 0 Å². The van der Waals surface area contributed by atoms with E-state index in [4.69, 9.17) is 5.11 Å². The minimum absolute atomic E-state index is 0.0476. The molecule has 0 heterocycles. The van der Waals surface area contributed by atoms with Gasteiger partial charge < -0.3 is 10.2 Å². The van der Waals surface area contributed by atoms with Gasteiger partial charge in [0, 0.05) is 5.92 Å². The second kappa shape index (κ2) is 4.88. The highest BCUT2D eigenvalue weighted by Crippen LogP contribution is 2.42. The van der Waals surface area contributed by atoms with Crippen LogP contribution in [0.5, 0.6) is 0 Å². The predicted octanol–water partition coefficient (Wildman–Crippen LogP) is 2.55. The molecule has 1 aliphatic carbocycles. The van der Waals surface area contributed by atoms with Gasteiger partial charge >= 0.3 is 5.97 Å². The van der Waals surface area contributed by atoms with Gasteiger partial charge in [0.2, 0.25) is 0 Å². The minimum atomic E-state index is -1.08. The molecular formula is C14H18O3. The molecule has 0 saturated heterocycles. The van der Waals surface area contributed by atoms with Crippen LogP contribution in [0.2, 0.25) is 0 Å². The first-order valence-electron chi connectivity index (χ1n) is 6.11. The molecule has 1 aromatic carbocycles. The van der Waals surface area contributed by atoms with Crippen LogP contribution in [0, 0.1) is 0 Å². The second-order valence-electron chi connectivity index (χ2n) is 4.88. The van der Waals surface area contributed by atoms with E-state index < -0.39 is 11.6 Å². The fourth-order valence-corrected chi connectivity index (χ4v) is 2.86. The monoisotopic (exact) mass is 234 g/mol. The van der Waals surface area contributed by atoms with Crippen molar-refractivity contribution in [2.45, 2.75) is 43.6 Å². The van der Waals surface area contributed by atoms with Crippen LogP contribution >= 0.6 is 0 Å². The lowest BCUT2D eigenvalue weighted by molar-refractivity contribution is -0.145. The van der Waals surface area contributed by atoms with Crippen molar-refractivity contribution in [3.05, 3.63) is 35.9 Å². The standard InChI is InChI=1S/C14H18O3/c15-13(16)10-14(17)9-5-4-8-12(14)11-6-2-1-3-7-11/h1-3,6-7,12,17H,4-5,8-10H2,(H,15,16)/t12-,14-/m1/s1. The molecule has 0 aromatic heterocycles. The predicted molar refractivity (Wildman–Crippen MR) is 64.9 cm³/mol. The summed E-state index contributed by atoms with van der Waals surface area (Å²) >= 11 is 0. The van der Waals surface area contributed by atoms with Crippen LogP contribution in [-0.4, -0.2) is 21.8 Å². The van der Waals surface area contributed by atoms with Gasteiger partial charge in [-0.15, -0.1) is 0 Å². The summed E-state index contributed by atoms with van der Waals surface area (Å²) in [6.45, 7) is 0. The maximum Gasteiger partial charge on any atom is 0.306 e. The van der Waals surface area contributed by atoms with Gasteiger partial charge in [-0.3, -0.25) is 4.79 Å². The van der Waals surface area contributed by atoms with Crippen molar-refractivity contribution < 1.29 is 15.0 Å². The molecule has 3 nitrogen and oxygen atoms in total. The molecule has 92 valence electrons. The number of carboxylic acid groups (broad SMARTS) is 1. The highest BCUT2D eigenvalue weighted by molar-refractivity contribution is 5.68. The van der Waals surface area contributed by atoms with Crippen molar-refractivity contribution in [1.82, 2.24) is 0 Å². The molecule has 1 saturated carbocycles. The van der Waals surface area contributed by atoms with Crippen LogP contribution in [-0.2, 0) is 4.79 Å². The zero-order chi connectivity index (χ0) is 12.3. The lowest BCUT2D eigenvalue weighted by atomic mass is 9.70. The Bertz CT molecular complexity index is 388. The molecule has 1 fully saturated rings. The van der Waals surface area contributed by atoms with Crippen molar-refractivity contribution in [1.29, 1.82) is 0 Å². The molecule has 17 heavy (non-hydrogen) atoms. The van der Waals surface area contributed by atoms with E-state index in [0.717, 1.165) is 24.8 Å². The van der Waals surface area contributed by atoms with Crippen molar-refractivity contribution in [3.8, 4) is 0 Å². The van der Waals surface area contributed by atoms with E-state index in [1.165, 1.54) is 0 Å². The molecule has 3 heteroatoms. The van der Waals surface area contributed by atoms with Gasteiger partial charge in [0.05, 0.1) is 12.0 Å². The zero-order valence-corrected chi connectivity index (χ0v) is 9.80. The molecule has 1 aromatic rings. The van der Waals surface area contributed by atoms with Gasteiger partial charge in [-0.05, 0) is 18.4 Å². The van der Waals surface area contributed by atoms with E-state index in [2.05, 4.69) is 0 Å². The van der Waals surface area contributed by atoms with Crippen LogP contribution in [0.1, 0.15) is 43.6 Å². The molecule has 0 unspecified atom stereocenters. The molecule has 2 N–H and O–H groups in total. The van der Waals surface area contributed by atoms with Gasteiger partial charge in [0.25, 0.3) is 0 Å². The highest BCUT2D eigenvalue weighted by Gasteiger charge is 2.41. The SMILES string of the molecule is O=C(O)C[C@]1(O)CCCC[C@@H]1c1ccccc1. The lowest BCUT2D eigenvalue weighted by Crippen LogP contribution is -2.41. The number of benzene rings is 1. The Morgan fingerprint density at radius 2 is 2.00 bits per heavy atom. The average Bonchev–Trinajstić information content (AvgIpc) is 2.29. The summed E-state index contributed by atoms with van der Waals surface area (Å²) in [7, 11) is 0. The number of hydrogen-bond donors (Lipinski definition) is 2. The van der Waals surface area contributed by atoms with Crippen molar-refractivity contribution in [3.63, 3.8) is 0 Å². The molecule has 1 aliphatic rings. The number of carboxylic acids is 1. The Morgan fingerprint density at radius 3 is 2.65 bits per heavy atom. The number of rotatable bonds is 3. The molecule has 0 spiro atoms. The topological polar surface area (TPSA) is 57.5 Å². The van der Waals surface area contributed by atoms with Crippen LogP contribution in [0.4, 0.5) is 0 Å². The fraction of sp³-hybridized carbons (Fsp3) is 0.500. The average molecular weight is 234 g/mol. The maximum absolute atomic E-state index is 10.9. The molecule has 0 aliphatic heterocycles. The van der Waals surface area contributed by atoms with Gasteiger partial charge in [-0.2, -0.15) is 0 Å². The third-order valence-electron chi connectivity index (χ3n) is 3.66. The van der Waals surface area contributed by atoms with E-state index >= 15 is 0 Å². The molecule has 2 rings (SSSR count). The van der Waals surface area contributed by atoms with Gasteiger partial charge in [0.15, 0.2) is 0 Å². The summed E-state index contributed by atoms with van der Waals surface area (Å²) in [5.74, 6) is -0.969. The van der Waals surface area contributed by atoms with E-state index in [1.54, 1.807) is 0 Å². The van der Waals surface area contributed by atoms with Gasteiger partial charge in [-0.25, -0.2) is 0 Å². The van der Waals surface area contributed by atoms with Crippen molar-refractivity contribution in [2.24, 2.45) is 0 Å². The Morgan fingerprint density at radius 1 is 1.29 bits per heavy atom. The normalized spacial score (nSPS) is 28.9. The second-order valence-corrected chi connectivity index (χ2v) is 4.88. The van der Waals surface area contributed by atoms with Crippen LogP contribution in [0.15, 0.2) is 30.3 Å². The van der Waals surface area contributed by atoms with Gasteiger partial charge in [0.1, 0.15) is 0 Å². The van der Waals surface area contributed by atoms with E-state index in [-0.39, 0.29) is 12.3 Å². The van der Waals surface area contributed by atoms with E-state index in [1.807, 2.05) is 30.3 Å². The Hall–Kier alpha value is -1.35. The summed E-state index contributed by atoms with van der Waals surface area (Å²) in [6, 6.07) is 9.75. The van der Waals surface area contributed by atoms with Crippen LogP contribution in [0.3, 0.4) is 0 Å². The van der Waals surface area contributed by atoms with E-state index in [9.17, 15) is 9.90 Å². The van der Waals surface area contributed by atoms with Crippen molar-refractivity contribution >= 4 is 5.97 Å². The summed E-state index contributed by atoms with van der Waals surface area (Å²) in [4.78, 5) is 10.9. The first kappa shape index (κ1) is 12.1. The largest absolute Gasteiger partial charge is 0.481 e. The maximum atomic E-state index is 10.9. The third-order valence-corrected chi connectivity index (χ3v) is 3.66. The van der Waals surface area contributed by atoms with E-state index in [0.29, 0.717) is 6.42 Å². The summed E-state index contributed by atoms with van der Waals surface area (Å²) in [5, 5.41) is 19.5. The Balaban J connectivity index is 2.26. The fourth-order valence-electron chi connectivity index (χ4n) is 2.86. The van der Waals surface area contributed by atoms with Gasteiger partial charge in [-0.1, -0.05) is 43.2 Å². The molecule has 0 radical (unpaired) electrons. The first-order valence-corrected chi connectivity index (χ1v) is 6.11. The molecule has 2 atom stereocenters. The molecular weight excluding hydrogens is 216 g/mol. The summed E-state index contributed by atoms with van der Waals surface area (Å²) in [6.07, 6.45) is 3.26. The Kier molecular flexibility index (Phi) is 3.48. The molecule has 0 bridgehead atoms. The highest BCUT2D eigenvalue weighted by atomic mass is 16.4.